The maximum atomic E-state index is 11.7. The molecule has 3 amide bonds. The van der Waals surface area contributed by atoms with Crippen LogP contribution in [0.25, 0.3) is 0 Å². The standard InChI is InChI=1S/C19H26N2O5/c1-25-16-10-7-14(8-11-16)9-12-18(23)26-13-17(22)21-19(24)20-15-5-3-2-4-6-15/h7-8,10-11,15H,2-6,9,12-13H2,1H3,(H2,20,21,22,24). The van der Waals surface area contributed by atoms with Crippen LogP contribution in [-0.2, 0) is 20.7 Å². The van der Waals surface area contributed by atoms with Gasteiger partial charge in [0.15, 0.2) is 6.61 Å². The molecular weight excluding hydrogens is 336 g/mol. The van der Waals surface area contributed by atoms with Crippen molar-refractivity contribution in [3.05, 3.63) is 29.8 Å². The molecular formula is C19H26N2O5. The first-order chi connectivity index (χ1) is 12.6. The van der Waals surface area contributed by atoms with Gasteiger partial charge in [0.2, 0.25) is 0 Å². The van der Waals surface area contributed by atoms with E-state index in [1.165, 1.54) is 6.42 Å². The number of nitrogens with one attached hydrogen (secondary N) is 2. The number of carbonyl (C=O) groups excluding carboxylic acids is 3. The summed E-state index contributed by atoms with van der Waals surface area (Å²) < 4.78 is 9.98. The number of imide groups is 1. The van der Waals surface area contributed by atoms with Gasteiger partial charge >= 0.3 is 12.0 Å². The van der Waals surface area contributed by atoms with Crippen LogP contribution in [0, 0.1) is 0 Å². The van der Waals surface area contributed by atoms with Crippen molar-refractivity contribution in [3.63, 3.8) is 0 Å². The molecule has 0 bridgehead atoms. The van der Waals surface area contributed by atoms with E-state index >= 15 is 0 Å². The first kappa shape index (κ1) is 19.8. The molecule has 0 saturated heterocycles. The molecule has 0 spiro atoms. The van der Waals surface area contributed by atoms with E-state index in [-0.39, 0.29) is 12.5 Å². The fourth-order valence-electron chi connectivity index (χ4n) is 2.89. The van der Waals surface area contributed by atoms with E-state index < -0.39 is 24.5 Å². The van der Waals surface area contributed by atoms with Crippen molar-refractivity contribution in [2.45, 2.75) is 51.0 Å². The minimum atomic E-state index is -0.629. The normalized spacial score (nSPS) is 14.3. The molecule has 0 atom stereocenters. The molecule has 1 aliphatic carbocycles. The molecule has 0 aromatic heterocycles. The largest absolute Gasteiger partial charge is 0.497 e. The first-order valence-electron chi connectivity index (χ1n) is 8.95. The number of urea groups is 1. The summed E-state index contributed by atoms with van der Waals surface area (Å²) in [5.74, 6) is -0.362. The van der Waals surface area contributed by atoms with Crippen molar-refractivity contribution in [2.75, 3.05) is 13.7 Å². The predicted molar refractivity (Wildman–Crippen MR) is 95.8 cm³/mol. The Morgan fingerprint density at radius 1 is 1.08 bits per heavy atom. The zero-order valence-corrected chi connectivity index (χ0v) is 15.1. The monoisotopic (exact) mass is 362 g/mol. The summed E-state index contributed by atoms with van der Waals surface area (Å²) in [5, 5.41) is 4.96. The van der Waals surface area contributed by atoms with Gasteiger partial charge < -0.3 is 14.8 Å². The topological polar surface area (TPSA) is 93.7 Å². The van der Waals surface area contributed by atoms with Crippen molar-refractivity contribution >= 4 is 17.9 Å². The number of benzene rings is 1. The summed E-state index contributed by atoms with van der Waals surface area (Å²) in [6.45, 7) is -0.459. The molecule has 1 saturated carbocycles. The molecule has 1 fully saturated rings. The second-order valence-electron chi connectivity index (χ2n) is 6.37. The zero-order valence-electron chi connectivity index (χ0n) is 15.1. The van der Waals surface area contributed by atoms with Gasteiger partial charge in [-0.1, -0.05) is 31.4 Å². The Morgan fingerprint density at radius 2 is 1.77 bits per heavy atom. The number of carbonyl (C=O) groups is 3. The minimum Gasteiger partial charge on any atom is -0.497 e. The van der Waals surface area contributed by atoms with Crippen molar-refractivity contribution in [1.29, 1.82) is 0 Å². The summed E-state index contributed by atoms with van der Waals surface area (Å²) >= 11 is 0. The van der Waals surface area contributed by atoms with Crippen LogP contribution < -0.4 is 15.4 Å². The van der Waals surface area contributed by atoms with Crippen molar-refractivity contribution in [1.82, 2.24) is 10.6 Å². The average Bonchev–Trinajstić information content (AvgIpc) is 2.65. The quantitative estimate of drug-likeness (QED) is 0.726. The number of aryl methyl sites for hydroxylation is 1. The van der Waals surface area contributed by atoms with E-state index in [9.17, 15) is 14.4 Å². The average molecular weight is 362 g/mol. The molecule has 7 nitrogen and oxygen atoms in total. The highest BCUT2D eigenvalue weighted by molar-refractivity contribution is 5.95. The smallest absolute Gasteiger partial charge is 0.321 e. The first-order valence-corrected chi connectivity index (χ1v) is 8.95. The van der Waals surface area contributed by atoms with E-state index in [0.29, 0.717) is 6.42 Å². The van der Waals surface area contributed by atoms with Gasteiger partial charge in [0.1, 0.15) is 5.75 Å². The molecule has 26 heavy (non-hydrogen) atoms. The Bertz CT molecular complexity index is 609. The van der Waals surface area contributed by atoms with Gasteiger partial charge in [0.05, 0.1) is 7.11 Å². The van der Waals surface area contributed by atoms with Gasteiger partial charge in [-0.2, -0.15) is 0 Å². The fourth-order valence-corrected chi connectivity index (χ4v) is 2.89. The molecule has 0 unspecified atom stereocenters. The van der Waals surface area contributed by atoms with Crippen LogP contribution in [0.3, 0.4) is 0 Å². The number of amides is 3. The van der Waals surface area contributed by atoms with Gasteiger partial charge in [-0.15, -0.1) is 0 Å². The summed E-state index contributed by atoms with van der Waals surface area (Å²) in [4.78, 5) is 35.1. The van der Waals surface area contributed by atoms with Gasteiger partial charge in [-0.05, 0) is 37.0 Å². The summed E-state index contributed by atoms with van der Waals surface area (Å²) in [5.41, 5.74) is 0.971. The van der Waals surface area contributed by atoms with Crippen molar-refractivity contribution < 1.29 is 23.9 Å². The van der Waals surface area contributed by atoms with E-state index in [0.717, 1.165) is 37.0 Å². The van der Waals surface area contributed by atoms with Gasteiger partial charge in [0.25, 0.3) is 5.91 Å². The molecule has 1 aromatic rings. The molecule has 2 N–H and O–H groups in total. The fraction of sp³-hybridized carbons (Fsp3) is 0.526. The maximum absolute atomic E-state index is 11.7. The Balaban J connectivity index is 1.61. The van der Waals surface area contributed by atoms with E-state index in [1.807, 2.05) is 24.3 Å². The highest BCUT2D eigenvalue weighted by Gasteiger charge is 2.17. The van der Waals surface area contributed by atoms with Crippen LogP contribution in [0.2, 0.25) is 0 Å². The van der Waals surface area contributed by atoms with Crippen LogP contribution in [0.4, 0.5) is 4.79 Å². The molecule has 142 valence electrons. The second-order valence-corrected chi connectivity index (χ2v) is 6.37. The predicted octanol–water partition coefficient (Wildman–Crippen LogP) is 2.33. The lowest BCUT2D eigenvalue weighted by Gasteiger charge is -2.22. The molecule has 0 radical (unpaired) electrons. The number of esters is 1. The van der Waals surface area contributed by atoms with E-state index in [2.05, 4.69) is 10.6 Å². The third-order valence-electron chi connectivity index (χ3n) is 4.33. The van der Waals surface area contributed by atoms with Crippen LogP contribution in [0.1, 0.15) is 44.1 Å². The molecule has 1 aromatic carbocycles. The summed E-state index contributed by atoms with van der Waals surface area (Å²) in [6, 6.07) is 6.96. The number of hydrogen-bond acceptors (Lipinski definition) is 5. The minimum absolute atomic E-state index is 0.114. The lowest BCUT2D eigenvalue weighted by molar-refractivity contribution is -0.148. The van der Waals surface area contributed by atoms with E-state index in [1.54, 1.807) is 7.11 Å². The number of ether oxygens (including phenoxy) is 2. The Kier molecular flexibility index (Phi) is 7.92. The summed E-state index contributed by atoms with van der Waals surface area (Å²) in [7, 11) is 1.59. The third kappa shape index (κ3) is 7.13. The molecule has 0 heterocycles. The van der Waals surface area contributed by atoms with Crippen molar-refractivity contribution in [3.8, 4) is 5.75 Å². The van der Waals surface area contributed by atoms with Crippen LogP contribution in [-0.4, -0.2) is 37.7 Å². The molecule has 0 aliphatic heterocycles. The lowest BCUT2D eigenvalue weighted by Crippen LogP contribution is -2.46. The second kappa shape index (κ2) is 10.4. The maximum Gasteiger partial charge on any atom is 0.321 e. The summed E-state index contributed by atoms with van der Waals surface area (Å²) in [6.07, 6.45) is 5.89. The number of rotatable bonds is 7. The SMILES string of the molecule is COc1ccc(CCC(=O)OCC(=O)NC(=O)NC2CCCCC2)cc1. The Morgan fingerprint density at radius 3 is 2.42 bits per heavy atom. The molecule has 2 rings (SSSR count). The van der Waals surface area contributed by atoms with Gasteiger partial charge in [-0.3, -0.25) is 14.9 Å². The van der Waals surface area contributed by atoms with Crippen molar-refractivity contribution in [2.24, 2.45) is 0 Å². The Labute approximate surface area is 153 Å². The van der Waals surface area contributed by atoms with Crippen LogP contribution in [0.15, 0.2) is 24.3 Å². The van der Waals surface area contributed by atoms with Crippen LogP contribution >= 0.6 is 0 Å². The third-order valence-corrected chi connectivity index (χ3v) is 4.33. The lowest BCUT2D eigenvalue weighted by atomic mass is 9.96. The van der Waals surface area contributed by atoms with E-state index in [4.69, 9.17) is 9.47 Å². The highest BCUT2D eigenvalue weighted by atomic mass is 16.5. The zero-order chi connectivity index (χ0) is 18.8. The van der Waals surface area contributed by atoms with Gasteiger partial charge in [-0.25, -0.2) is 4.79 Å². The van der Waals surface area contributed by atoms with Crippen LogP contribution in [0.5, 0.6) is 5.75 Å². The highest BCUT2D eigenvalue weighted by Crippen LogP contribution is 2.17. The van der Waals surface area contributed by atoms with Gasteiger partial charge in [0, 0.05) is 12.5 Å². The Hall–Kier alpha value is -2.57. The molecule has 7 heteroatoms. The number of methoxy groups -OCH3 is 1. The number of hydrogen-bond donors (Lipinski definition) is 2. The molecule has 1 aliphatic rings.